The number of benzene rings is 1. The molecule has 5 nitrogen and oxygen atoms in total. The molecule has 5 heteroatoms. The van der Waals surface area contributed by atoms with Gasteiger partial charge in [-0.1, -0.05) is 44.2 Å². The van der Waals surface area contributed by atoms with E-state index in [4.69, 9.17) is 4.74 Å². The Balaban J connectivity index is 2.27. The van der Waals surface area contributed by atoms with Crippen LogP contribution < -0.4 is 0 Å². The smallest absolute Gasteiger partial charge is 0.316 e. The Bertz CT molecular complexity index is 659. The number of methoxy groups -OCH3 is 1. The number of allylic oxidation sites excluding steroid dienone is 1. The molecule has 1 aliphatic rings. The summed E-state index contributed by atoms with van der Waals surface area (Å²) in [4.78, 5) is 28.4. The van der Waals surface area contributed by atoms with Crippen LogP contribution in [-0.2, 0) is 20.9 Å². The zero-order chi connectivity index (χ0) is 17.0. The van der Waals surface area contributed by atoms with Crippen molar-refractivity contribution in [1.82, 2.24) is 0 Å². The van der Waals surface area contributed by atoms with Gasteiger partial charge in [0.1, 0.15) is 11.7 Å². The second kappa shape index (κ2) is 6.77. The topological polar surface area (TPSA) is 76.0 Å². The highest BCUT2D eigenvalue weighted by Crippen LogP contribution is 2.41. The number of carbonyl (C=O) groups is 2. The number of rotatable bonds is 4. The summed E-state index contributed by atoms with van der Waals surface area (Å²) >= 11 is 0. The van der Waals surface area contributed by atoms with Gasteiger partial charge in [0.05, 0.1) is 19.2 Å². The summed E-state index contributed by atoms with van der Waals surface area (Å²) in [6.45, 7) is 3.93. The van der Waals surface area contributed by atoms with Crippen molar-refractivity contribution >= 4 is 18.0 Å². The van der Waals surface area contributed by atoms with Crippen LogP contribution in [0.5, 0.6) is 0 Å². The van der Waals surface area contributed by atoms with E-state index in [-0.39, 0.29) is 23.5 Å². The molecule has 0 saturated carbocycles. The molecule has 1 aromatic carbocycles. The van der Waals surface area contributed by atoms with E-state index in [1.165, 1.54) is 13.3 Å². The highest BCUT2D eigenvalue weighted by Gasteiger charge is 2.46. The van der Waals surface area contributed by atoms with Crippen molar-refractivity contribution in [3.05, 3.63) is 47.2 Å². The highest BCUT2D eigenvalue weighted by atomic mass is 16.5. The van der Waals surface area contributed by atoms with Crippen molar-refractivity contribution in [3.8, 4) is 0 Å². The molecule has 0 unspecified atom stereocenters. The molecule has 1 aromatic rings. The van der Waals surface area contributed by atoms with E-state index in [0.717, 1.165) is 5.56 Å². The third-order valence-corrected chi connectivity index (χ3v) is 4.02. The van der Waals surface area contributed by atoms with Crippen molar-refractivity contribution in [2.24, 2.45) is 16.3 Å². The number of Topliss-reactive ketones (excluding diaryl/α,β-unsaturated/α-hetero) is 1. The van der Waals surface area contributed by atoms with Gasteiger partial charge in [-0.3, -0.25) is 14.6 Å². The third kappa shape index (κ3) is 3.67. The van der Waals surface area contributed by atoms with Crippen molar-refractivity contribution < 1.29 is 19.4 Å². The van der Waals surface area contributed by atoms with Crippen molar-refractivity contribution in [3.63, 3.8) is 0 Å². The molecule has 0 bridgehead atoms. The predicted molar refractivity (Wildman–Crippen MR) is 87.2 cm³/mol. The lowest BCUT2D eigenvalue weighted by Gasteiger charge is -2.35. The van der Waals surface area contributed by atoms with E-state index in [1.54, 1.807) is 13.8 Å². The largest absolute Gasteiger partial charge is 0.511 e. The number of ketones is 1. The summed E-state index contributed by atoms with van der Waals surface area (Å²) in [5, 5.41) is 10.4. The summed E-state index contributed by atoms with van der Waals surface area (Å²) in [6.07, 6.45) is 1.51. The molecule has 0 spiro atoms. The van der Waals surface area contributed by atoms with E-state index >= 15 is 0 Å². The minimum absolute atomic E-state index is 0.0932. The number of nitrogens with zero attached hydrogens (tertiary/aromatic N) is 1. The zero-order valence-electron chi connectivity index (χ0n) is 13.6. The van der Waals surface area contributed by atoms with Crippen LogP contribution in [-0.4, -0.2) is 30.2 Å². The van der Waals surface area contributed by atoms with Crippen LogP contribution in [0.3, 0.4) is 0 Å². The number of hydrogen-bond donors (Lipinski definition) is 1. The number of aliphatic hydroxyl groups excluding tert-OH is 1. The number of carbonyl (C=O) groups excluding carboxylic acids is 2. The molecule has 0 amide bonds. The van der Waals surface area contributed by atoms with E-state index in [2.05, 4.69) is 4.99 Å². The summed E-state index contributed by atoms with van der Waals surface area (Å²) in [6, 6.07) is 9.57. The first-order valence-electron chi connectivity index (χ1n) is 7.44. The molecular formula is C18H21NO4. The van der Waals surface area contributed by atoms with Crippen LogP contribution in [0.25, 0.3) is 0 Å². The molecule has 0 saturated heterocycles. The monoisotopic (exact) mass is 315 g/mol. The third-order valence-electron chi connectivity index (χ3n) is 4.02. The number of hydrogen-bond acceptors (Lipinski definition) is 5. The van der Waals surface area contributed by atoms with Gasteiger partial charge in [0, 0.05) is 12.6 Å². The molecule has 0 radical (unpaired) electrons. The second-order valence-corrected chi connectivity index (χ2v) is 6.30. The number of aliphatic hydroxyl groups is 1. The Morgan fingerprint density at radius 2 is 2.04 bits per heavy atom. The highest BCUT2D eigenvalue weighted by molar-refractivity contribution is 6.15. The summed E-state index contributed by atoms with van der Waals surface area (Å²) in [5.41, 5.74) is 0.401. The second-order valence-electron chi connectivity index (χ2n) is 6.30. The minimum Gasteiger partial charge on any atom is -0.511 e. The standard InChI is InChI=1S/C18H21NO4/c1-18(2)9-14(20)13(16(21)15(18)17(22)23-3)11-19-10-12-7-5-4-6-8-12/h4-8,11,15,21H,9-10H2,1-3H3/t15-/m0/s1. The van der Waals surface area contributed by atoms with Crippen molar-refractivity contribution in [2.45, 2.75) is 26.8 Å². The number of aliphatic imine (C=N–C) groups is 1. The van der Waals surface area contributed by atoms with Gasteiger partial charge in [0.15, 0.2) is 5.78 Å². The average molecular weight is 315 g/mol. The van der Waals surface area contributed by atoms with E-state index in [0.29, 0.717) is 6.54 Å². The first-order valence-corrected chi connectivity index (χ1v) is 7.44. The van der Waals surface area contributed by atoms with Crippen LogP contribution >= 0.6 is 0 Å². The lowest BCUT2D eigenvalue weighted by Crippen LogP contribution is -2.40. The Morgan fingerprint density at radius 1 is 1.39 bits per heavy atom. The van der Waals surface area contributed by atoms with Gasteiger partial charge in [-0.25, -0.2) is 0 Å². The summed E-state index contributed by atoms with van der Waals surface area (Å²) in [7, 11) is 1.27. The lowest BCUT2D eigenvalue weighted by molar-refractivity contribution is -0.150. The number of ether oxygens (including phenoxy) is 1. The van der Waals surface area contributed by atoms with Gasteiger partial charge in [0.2, 0.25) is 0 Å². The number of esters is 1. The van der Waals surface area contributed by atoms with Crippen LogP contribution in [0.2, 0.25) is 0 Å². The molecule has 2 rings (SSSR count). The SMILES string of the molecule is COC(=O)[C@@H]1C(O)=C(C=NCc2ccccc2)C(=O)CC1(C)C. The normalized spacial score (nSPS) is 20.8. The van der Waals surface area contributed by atoms with Crippen LogP contribution in [0.4, 0.5) is 0 Å². The van der Waals surface area contributed by atoms with E-state index in [1.807, 2.05) is 30.3 Å². The first-order chi connectivity index (χ1) is 10.9. The van der Waals surface area contributed by atoms with E-state index in [9.17, 15) is 14.7 Å². The molecule has 1 atom stereocenters. The fourth-order valence-corrected chi connectivity index (χ4v) is 2.79. The molecule has 1 aliphatic carbocycles. The van der Waals surface area contributed by atoms with Crippen molar-refractivity contribution in [1.29, 1.82) is 0 Å². The quantitative estimate of drug-likeness (QED) is 0.685. The molecular weight excluding hydrogens is 294 g/mol. The van der Waals surface area contributed by atoms with Gasteiger partial charge in [-0.05, 0) is 11.0 Å². The summed E-state index contributed by atoms with van der Waals surface area (Å²) in [5.74, 6) is -1.88. The first kappa shape index (κ1) is 16.9. The Labute approximate surface area is 135 Å². The molecule has 0 aliphatic heterocycles. The van der Waals surface area contributed by atoms with Gasteiger partial charge in [-0.2, -0.15) is 0 Å². The molecule has 0 fully saturated rings. The molecule has 0 heterocycles. The van der Waals surface area contributed by atoms with Gasteiger partial charge in [0.25, 0.3) is 0 Å². The van der Waals surface area contributed by atoms with Gasteiger partial charge < -0.3 is 9.84 Å². The predicted octanol–water partition coefficient (Wildman–Crippen LogP) is 2.86. The molecule has 1 N–H and O–H groups in total. The molecule has 122 valence electrons. The average Bonchev–Trinajstić information content (AvgIpc) is 2.50. The Morgan fingerprint density at radius 3 is 2.65 bits per heavy atom. The fraction of sp³-hybridized carbons (Fsp3) is 0.389. The fourth-order valence-electron chi connectivity index (χ4n) is 2.79. The maximum Gasteiger partial charge on any atom is 0.316 e. The maximum absolute atomic E-state index is 12.3. The van der Waals surface area contributed by atoms with E-state index < -0.39 is 17.3 Å². The molecule has 23 heavy (non-hydrogen) atoms. The van der Waals surface area contributed by atoms with Crippen LogP contribution in [0.15, 0.2) is 46.7 Å². The lowest BCUT2D eigenvalue weighted by atomic mass is 9.68. The van der Waals surface area contributed by atoms with Crippen LogP contribution in [0, 0.1) is 11.3 Å². The Kier molecular flexibility index (Phi) is 4.98. The maximum atomic E-state index is 12.3. The molecule has 0 aromatic heterocycles. The summed E-state index contributed by atoms with van der Waals surface area (Å²) < 4.78 is 4.76. The van der Waals surface area contributed by atoms with Crippen LogP contribution in [0.1, 0.15) is 25.8 Å². The zero-order valence-corrected chi connectivity index (χ0v) is 13.6. The van der Waals surface area contributed by atoms with Gasteiger partial charge >= 0.3 is 5.97 Å². The van der Waals surface area contributed by atoms with Crippen molar-refractivity contribution in [2.75, 3.05) is 7.11 Å². The minimum atomic E-state index is -0.858. The Hall–Kier alpha value is -2.43. The van der Waals surface area contributed by atoms with Gasteiger partial charge in [-0.15, -0.1) is 0 Å².